The Bertz CT molecular complexity index is 1000. The number of carbonyl (C=O) groups excluding carboxylic acids is 1. The van der Waals surface area contributed by atoms with E-state index in [1.54, 1.807) is 4.90 Å². The summed E-state index contributed by atoms with van der Waals surface area (Å²) in [5.41, 5.74) is 5.49. The molecule has 4 rings (SSSR count). The fourth-order valence-electron chi connectivity index (χ4n) is 3.91. The van der Waals surface area contributed by atoms with Crippen LogP contribution in [-0.4, -0.2) is 44.3 Å². The van der Waals surface area contributed by atoms with Gasteiger partial charge in [-0.3, -0.25) is 0 Å². The van der Waals surface area contributed by atoms with E-state index in [-0.39, 0.29) is 6.03 Å². The maximum atomic E-state index is 13.0. The third-order valence-corrected chi connectivity index (χ3v) is 5.59. The maximum Gasteiger partial charge on any atom is 0.321 e. The smallest absolute Gasteiger partial charge is 0.321 e. The monoisotopic (exact) mass is 415 g/mol. The minimum Gasteiger partial charge on any atom is -0.378 e. The van der Waals surface area contributed by atoms with E-state index in [0.29, 0.717) is 6.54 Å². The first kappa shape index (κ1) is 20.9. The zero-order valence-corrected chi connectivity index (χ0v) is 18.0. The lowest BCUT2D eigenvalue weighted by molar-refractivity contribution is 0.122. The highest BCUT2D eigenvalue weighted by Gasteiger charge is 2.17. The van der Waals surface area contributed by atoms with E-state index in [9.17, 15) is 4.79 Å². The molecule has 0 spiro atoms. The fourth-order valence-corrected chi connectivity index (χ4v) is 3.91. The molecule has 1 heterocycles. The van der Waals surface area contributed by atoms with Crippen molar-refractivity contribution < 1.29 is 9.53 Å². The number of benzene rings is 3. The second-order valence-corrected chi connectivity index (χ2v) is 7.83. The van der Waals surface area contributed by atoms with E-state index in [4.69, 9.17) is 4.74 Å². The molecule has 0 radical (unpaired) electrons. The van der Waals surface area contributed by atoms with Gasteiger partial charge in [-0.05, 0) is 35.2 Å². The van der Waals surface area contributed by atoms with Crippen molar-refractivity contribution >= 4 is 17.4 Å². The van der Waals surface area contributed by atoms with Crippen LogP contribution >= 0.6 is 0 Å². The van der Waals surface area contributed by atoms with Crippen LogP contribution in [0.4, 0.5) is 16.2 Å². The van der Waals surface area contributed by atoms with Crippen LogP contribution in [0.25, 0.3) is 0 Å². The lowest BCUT2D eigenvalue weighted by atomic mass is 10.0. The van der Waals surface area contributed by atoms with Crippen molar-refractivity contribution in [2.24, 2.45) is 0 Å². The number of morpholine rings is 1. The molecule has 0 saturated carbocycles. The summed E-state index contributed by atoms with van der Waals surface area (Å²) in [5, 5.41) is 3.10. The van der Waals surface area contributed by atoms with E-state index >= 15 is 0 Å². The van der Waals surface area contributed by atoms with Crippen LogP contribution < -0.4 is 10.2 Å². The summed E-state index contributed by atoms with van der Waals surface area (Å²) in [4.78, 5) is 17.1. The van der Waals surface area contributed by atoms with Crippen LogP contribution in [0.2, 0.25) is 0 Å². The number of hydrogen-bond acceptors (Lipinski definition) is 3. The van der Waals surface area contributed by atoms with Gasteiger partial charge in [0.05, 0.1) is 13.2 Å². The van der Waals surface area contributed by atoms with Crippen molar-refractivity contribution in [1.82, 2.24) is 4.90 Å². The molecule has 0 aromatic heterocycles. The van der Waals surface area contributed by atoms with Crippen LogP contribution in [0.15, 0.2) is 78.9 Å². The Morgan fingerprint density at radius 2 is 1.55 bits per heavy atom. The second-order valence-electron chi connectivity index (χ2n) is 7.83. The molecule has 3 aromatic rings. The molecule has 0 atom stereocenters. The lowest BCUT2D eigenvalue weighted by Gasteiger charge is -2.31. The van der Waals surface area contributed by atoms with Gasteiger partial charge in [-0.15, -0.1) is 0 Å². The molecule has 0 aliphatic carbocycles. The summed E-state index contributed by atoms with van der Waals surface area (Å²) >= 11 is 0. The summed E-state index contributed by atoms with van der Waals surface area (Å²) < 4.78 is 5.48. The third-order valence-electron chi connectivity index (χ3n) is 5.59. The highest BCUT2D eigenvalue weighted by Crippen LogP contribution is 2.24. The van der Waals surface area contributed by atoms with Crippen molar-refractivity contribution in [2.45, 2.75) is 13.0 Å². The third kappa shape index (κ3) is 5.44. The van der Waals surface area contributed by atoms with E-state index in [2.05, 4.69) is 40.5 Å². The summed E-state index contributed by atoms with van der Waals surface area (Å²) in [6.45, 7) is 3.77. The molecule has 3 aromatic carbocycles. The van der Waals surface area contributed by atoms with Gasteiger partial charge >= 0.3 is 6.03 Å². The van der Waals surface area contributed by atoms with Crippen LogP contribution in [-0.2, 0) is 17.7 Å². The second kappa shape index (κ2) is 10.1. The molecule has 1 aliphatic rings. The van der Waals surface area contributed by atoms with E-state index in [1.165, 1.54) is 11.3 Å². The minimum atomic E-state index is -0.114. The molecule has 31 heavy (non-hydrogen) atoms. The number of rotatable bonds is 6. The molecule has 1 aliphatic heterocycles. The van der Waals surface area contributed by atoms with Crippen LogP contribution in [0.5, 0.6) is 0 Å². The van der Waals surface area contributed by atoms with Crippen molar-refractivity contribution in [3.8, 4) is 0 Å². The number of carbonyl (C=O) groups is 1. The summed E-state index contributed by atoms with van der Waals surface area (Å²) in [6.07, 6.45) is 0.779. The first-order chi connectivity index (χ1) is 15.2. The molecule has 0 unspecified atom stereocenters. The van der Waals surface area contributed by atoms with Crippen molar-refractivity contribution in [1.29, 1.82) is 0 Å². The number of hydrogen-bond donors (Lipinski definition) is 1. The van der Waals surface area contributed by atoms with Gasteiger partial charge in [-0.25, -0.2) is 4.79 Å². The topological polar surface area (TPSA) is 44.8 Å². The van der Waals surface area contributed by atoms with Crippen molar-refractivity contribution in [3.63, 3.8) is 0 Å². The molecule has 1 N–H and O–H groups in total. The Kier molecular flexibility index (Phi) is 6.85. The summed E-state index contributed by atoms with van der Waals surface area (Å²) in [6, 6.07) is 26.5. The molecular weight excluding hydrogens is 386 g/mol. The Morgan fingerprint density at radius 1 is 0.903 bits per heavy atom. The van der Waals surface area contributed by atoms with Gasteiger partial charge in [0.15, 0.2) is 0 Å². The Morgan fingerprint density at radius 3 is 2.32 bits per heavy atom. The van der Waals surface area contributed by atoms with E-state index in [0.717, 1.165) is 49.5 Å². The summed E-state index contributed by atoms with van der Waals surface area (Å²) in [7, 11) is 1.84. The average molecular weight is 416 g/mol. The first-order valence-corrected chi connectivity index (χ1v) is 10.8. The highest BCUT2D eigenvalue weighted by atomic mass is 16.5. The van der Waals surface area contributed by atoms with Crippen molar-refractivity contribution in [2.75, 3.05) is 43.6 Å². The van der Waals surface area contributed by atoms with Gasteiger partial charge in [0.2, 0.25) is 0 Å². The predicted molar refractivity (Wildman–Crippen MR) is 126 cm³/mol. The molecular formula is C26H29N3O2. The van der Waals surface area contributed by atoms with Gasteiger partial charge < -0.3 is 19.9 Å². The zero-order chi connectivity index (χ0) is 21.5. The van der Waals surface area contributed by atoms with E-state index in [1.807, 2.05) is 55.6 Å². The lowest BCUT2D eigenvalue weighted by Crippen LogP contribution is -2.37. The van der Waals surface area contributed by atoms with Gasteiger partial charge in [0, 0.05) is 38.1 Å². The quantitative estimate of drug-likeness (QED) is 0.630. The predicted octanol–water partition coefficient (Wildman–Crippen LogP) is 4.78. The molecule has 1 fully saturated rings. The number of urea groups is 1. The highest BCUT2D eigenvalue weighted by molar-refractivity contribution is 5.90. The van der Waals surface area contributed by atoms with Gasteiger partial charge in [-0.2, -0.15) is 0 Å². The molecule has 5 heteroatoms. The SMILES string of the molecule is CN(Cc1ccccc1N1CCOCC1)C(=O)Nc1ccccc1Cc1ccccc1. The normalized spacial score (nSPS) is 13.6. The van der Waals surface area contributed by atoms with Gasteiger partial charge in [-0.1, -0.05) is 66.7 Å². The molecule has 5 nitrogen and oxygen atoms in total. The molecule has 2 amide bonds. The number of amides is 2. The number of anilines is 2. The Hall–Kier alpha value is -3.31. The number of nitrogens with zero attached hydrogens (tertiary/aromatic N) is 2. The molecule has 1 saturated heterocycles. The average Bonchev–Trinajstić information content (AvgIpc) is 2.82. The standard InChI is InChI=1S/C26H29N3O2/c1-28(20-23-12-6-8-14-25(23)29-15-17-31-18-16-29)26(30)27-24-13-7-5-11-22(24)19-21-9-3-2-4-10-21/h2-14H,15-20H2,1H3,(H,27,30). The number of nitrogens with one attached hydrogen (secondary N) is 1. The molecule has 0 bridgehead atoms. The van der Waals surface area contributed by atoms with Crippen LogP contribution in [0.1, 0.15) is 16.7 Å². The minimum absolute atomic E-state index is 0.114. The van der Waals surface area contributed by atoms with Crippen LogP contribution in [0, 0.1) is 0 Å². The Labute approximate surface area is 184 Å². The number of para-hydroxylation sites is 2. The van der Waals surface area contributed by atoms with E-state index < -0.39 is 0 Å². The van der Waals surface area contributed by atoms with Crippen LogP contribution in [0.3, 0.4) is 0 Å². The Balaban J connectivity index is 1.44. The molecule has 160 valence electrons. The van der Waals surface area contributed by atoms with Gasteiger partial charge in [0.1, 0.15) is 0 Å². The first-order valence-electron chi connectivity index (χ1n) is 10.8. The maximum absolute atomic E-state index is 13.0. The number of ether oxygens (including phenoxy) is 1. The largest absolute Gasteiger partial charge is 0.378 e. The zero-order valence-electron chi connectivity index (χ0n) is 18.0. The van der Waals surface area contributed by atoms with Gasteiger partial charge in [0.25, 0.3) is 0 Å². The van der Waals surface area contributed by atoms with Crippen molar-refractivity contribution in [3.05, 3.63) is 95.6 Å². The fraction of sp³-hybridized carbons (Fsp3) is 0.269. The summed E-state index contributed by atoms with van der Waals surface area (Å²) in [5.74, 6) is 0.